The molecule has 0 atom stereocenters. The quantitative estimate of drug-likeness (QED) is 0.726. The van der Waals surface area contributed by atoms with Crippen molar-refractivity contribution in [2.45, 2.75) is 18.4 Å². The highest BCUT2D eigenvalue weighted by atomic mass is 19.1. The molecule has 88 valence electrons. The molecule has 0 radical (unpaired) electrons. The molecular weight excluding hydrogens is 207 g/mol. The van der Waals surface area contributed by atoms with Gasteiger partial charge in [0.2, 0.25) is 0 Å². The molecule has 1 aliphatic heterocycles. The van der Waals surface area contributed by atoms with Gasteiger partial charge in [-0.15, -0.1) is 0 Å². The second-order valence-electron chi connectivity index (χ2n) is 4.31. The van der Waals surface area contributed by atoms with E-state index < -0.39 is 5.60 Å². The van der Waals surface area contributed by atoms with E-state index in [0.29, 0.717) is 25.1 Å². The van der Waals surface area contributed by atoms with Crippen molar-refractivity contribution in [1.29, 1.82) is 0 Å². The van der Waals surface area contributed by atoms with Crippen molar-refractivity contribution in [3.05, 3.63) is 30.1 Å². The fourth-order valence-electron chi connectivity index (χ4n) is 1.93. The van der Waals surface area contributed by atoms with Gasteiger partial charge in [-0.05, 0) is 38.1 Å². The molecule has 4 heteroatoms. The molecule has 1 aromatic carbocycles. The van der Waals surface area contributed by atoms with Gasteiger partial charge in [0.1, 0.15) is 5.82 Å². The number of rotatable bonds is 3. The standard InChI is InChI=1S/C12H17FN2O/c13-10-3-1-2-4-11(10)15-9-12(16)5-7-14-8-6-12/h1-4,14-16H,5-9H2. The van der Waals surface area contributed by atoms with Crippen molar-refractivity contribution in [3.8, 4) is 0 Å². The van der Waals surface area contributed by atoms with Crippen molar-refractivity contribution in [2.24, 2.45) is 0 Å². The maximum absolute atomic E-state index is 13.3. The number of hydrogen-bond donors (Lipinski definition) is 3. The molecule has 1 aliphatic rings. The van der Waals surface area contributed by atoms with Gasteiger partial charge in [-0.25, -0.2) is 4.39 Å². The molecule has 0 unspecified atom stereocenters. The molecule has 1 heterocycles. The summed E-state index contributed by atoms with van der Waals surface area (Å²) >= 11 is 0. The van der Waals surface area contributed by atoms with Crippen molar-refractivity contribution >= 4 is 5.69 Å². The number of anilines is 1. The minimum Gasteiger partial charge on any atom is -0.388 e. The van der Waals surface area contributed by atoms with Gasteiger partial charge >= 0.3 is 0 Å². The third kappa shape index (κ3) is 2.71. The van der Waals surface area contributed by atoms with E-state index >= 15 is 0 Å². The summed E-state index contributed by atoms with van der Waals surface area (Å²) in [6.07, 6.45) is 1.41. The molecule has 1 saturated heterocycles. The summed E-state index contributed by atoms with van der Waals surface area (Å²) in [5.74, 6) is -0.278. The number of piperidine rings is 1. The topological polar surface area (TPSA) is 44.3 Å². The van der Waals surface area contributed by atoms with Gasteiger partial charge in [0.05, 0.1) is 11.3 Å². The second-order valence-corrected chi connectivity index (χ2v) is 4.31. The lowest BCUT2D eigenvalue weighted by Crippen LogP contribution is -2.46. The molecule has 3 nitrogen and oxygen atoms in total. The van der Waals surface area contributed by atoms with E-state index in [2.05, 4.69) is 10.6 Å². The van der Waals surface area contributed by atoms with Gasteiger partial charge in [0, 0.05) is 6.54 Å². The van der Waals surface area contributed by atoms with E-state index in [4.69, 9.17) is 0 Å². The first-order valence-corrected chi connectivity index (χ1v) is 5.61. The average molecular weight is 224 g/mol. The van der Waals surface area contributed by atoms with E-state index in [1.54, 1.807) is 18.2 Å². The average Bonchev–Trinajstić information content (AvgIpc) is 2.29. The Morgan fingerprint density at radius 1 is 1.31 bits per heavy atom. The minimum absolute atomic E-state index is 0.278. The summed E-state index contributed by atoms with van der Waals surface area (Å²) < 4.78 is 13.3. The van der Waals surface area contributed by atoms with Crippen molar-refractivity contribution in [3.63, 3.8) is 0 Å². The molecule has 0 bridgehead atoms. The Kier molecular flexibility index (Phi) is 3.41. The largest absolute Gasteiger partial charge is 0.388 e. The lowest BCUT2D eigenvalue weighted by molar-refractivity contribution is 0.0232. The maximum atomic E-state index is 13.3. The molecule has 1 aromatic rings. The summed E-state index contributed by atoms with van der Waals surface area (Å²) in [5.41, 5.74) is -0.262. The fraction of sp³-hybridized carbons (Fsp3) is 0.500. The van der Waals surface area contributed by atoms with Crippen molar-refractivity contribution in [2.75, 3.05) is 25.0 Å². The Bertz CT molecular complexity index is 351. The molecule has 0 amide bonds. The lowest BCUT2D eigenvalue weighted by Gasteiger charge is -2.33. The number of hydrogen-bond acceptors (Lipinski definition) is 3. The van der Waals surface area contributed by atoms with Crippen LogP contribution < -0.4 is 10.6 Å². The zero-order valence-electron chi connectivity index (χ0n) is 9.17. The van der Waals surface area contributed by atoms with Gasteiger partial charge in [-0.1, -0.05) is 12.1 Å². The number of aliphatic hydroxyl groups is 1. The molecule has 2 rings (SSSR count). The van der Waals surface area contributed by atoms with E-state index in [1.807, 2.05) is 0 Å². The number of para-hydroxylation sites is 1. The molecule has 0 aliphatic carbocycles. The number of halogens is 1. The third-order valence-corrected chi connectivity index (χ3v) is 3.02. The molecule has 1 fully saturated rings. The number of nitrogens with one attached hydrogen (secondary N) is 2. The summed E-state index contributed by atoms with van der Waals surface area (Å²) in [5, 5.41) is 16.4. The SMILES string of the molecule is OC1(CNc2ccccc2F)CCNCC1. The Morgan fingerprint density at radius 3 is 2.69 bits per heavy atom. The zero-order chi connectivity index (χ0) is 11.4. The third-order valence-electron chi connectivity index (χ3n) is 3.02. The normalized spacial score (nSPS) is 19.4. The Labute approximate surface area is 94.7 Å². The Hall–Kier alpha value is -1.13. The van der Waals surface area contributed by atoms with E-state index in [0.717, 1.165) is 13.1 Å². The summed E-state index contributed by atoms with van der Waals surface area (Å²) in [7, 11) is 0. The summed E-state index contributed by atoms with van der Waals surface area (Å²) in [4.78, 5) is 0. The Morgan fingerprint density at radius 2 is 2.00 bits per heavy atom. The first kappa shape index (κ1) is 11.4. The predicted molar refractivity (Wildman–Crippen MR) is 61.9 cm³/mol. The van der Waals surface area contributed by atoms with Gasteiger partial charge in [-0.3, -0.25) is 0 Å². The van der Waals surface area contributed by atoms with Crippen LogP contribution in [0, 0.1) is 5.82 Å². The van der Waals surface area contributed by atoms with Crippen molar-refractivity contribution < 1.29 is 9.50 Å². The van der Waals surface area contributed by atoms with Crippen LogP contribution in [-0.2, 0) is 0 Å². The van der Waals surface area contributed by atoms with E-state index in [1.165, 1.54) is 6.07 Å². The van der Waals surface area contributed by atoms with E-state index in [-0.39, 0.29) is 5.82 Å². The molecule has 3 N–H and O–H groups in total. The fourth-order valence-corrected chi connectivity index (χ4v) is 1.93. The van der Waals surface area contributed by atoms with Gasteiger partial charge in [-0.2, -0.15) is 0 Å². The monoisotopic (exact) mass is 224 g/mol. The predicted octanol–water partition coefficient (Wildman–Crippen LogP) is 1.35. The Balaban J connectivity index is 1.94. The smallest absolute Gasteiger partial charge is 0.146 e. The lowest BCUT2D eigenvalue weighted by atomic mass is 9.92. The highest BCUT2D eigenvalue weighted by molar-refractivity contribution is 5.44. The van der Waals surface area contributed by atoms with Gasteiger partial charge < -0.3 is 15.7 Å². The number of benzene rings is 1. The molecule has 0 aromatic heterocycles. The van der Waals surface area contributed by atoms with Gasteiger partial charge in [0.15, 0.2) is 0 Å². The van der Waals surface area contributed by atoms with Crippen LogP contribution in [0.4, 0.5) is 10.1 Å². The highest BCUT2D eigenvalue weighted by Gasteiger charge is 2.28. The summed E-state index contributed by atoms with van der Waals surface area (Å²) in [6, 6.07) is 6.52. The molecule has 0 saturated carbocycles. The molecule has 16 heavy (non-hydrogen) atoms. The second kappa shape index (κ2) is 4.80. The van der Waals surface area contributed by atoms with Crippen LogP contribution in [0.15, 0.2) is 24.3 Å². The highest BCUT2D eigenvalue weighted by Crippen LogP contribution is 2.20. The van der Waals surface area contributed by atoms with Crippen LogP contribution in [0.5, 0.6) is 0 Å². The molecule has 0 spiro atoms. The van der Waals surface area contributed by atoms with Crippen LogP contribution in [-0.4, -0.2) is 30.3 Å². The van der Waals surface area contributed by atoms with E-state index in [9.17, 15) is 9.50 Å². The van der Waals surface area contributed by atoms with Gasteiger partial charge in [0.25, 0.3) is 0 Å². The van der Waals surface area contributed by atoms with Crippen LogP contribution in [0.2, 0.25) is 0 Å². The minimum atomic E-state index is -0.715. The van der Waals surface area contributed by atoms with Crippen LogP contribution in [0.1, 0.15) is 12.8 Å². The van der Waals surface area contributed by atoms with Crippen LogP contribution in [0.25, 0.3) is 0 Å². The zero-order valence-corrected chi connectivity index (χ0v) is 9.17. The van der Waals surface area contributed by atoms with Crippen LogP contribution >= 0.6 is 0 Å². The molecular formula is C12H17FN2O. The van der Waals surface area contributed by atoms with Crippen molar-refractivity contribution in [1.82, 2.24) is 5.32 Å². The summed E-state index contributed by atoms with van der Waals surface area (Å²) in [6.45, 7) is 2.03. The van der Waals surface area contributed by atoms with Crippen LogP contribution in [0.3, 0.4) is 0 Å². The first-order valence-electron chi connectivity index (χ1n) is 5.61. The first-order chi connectivity index (χ1) is 7.70. The maximum Gasteiger partial charge on any atom is 0.146 e.